The smallest absolute Gasteiger partial charge is 0.0541 e. The molecule has 0 radical (unpaired) electrons. The minimum Gasteiger partial charge on any atom is -0.326 e. The van der Waals surface area contributed by atoms with E-state index in [0.29, 0.717) is 11.3 Å². The number of thioether (sulfide) groups is 1. The molecule has 0 aliphatic carbocycles. The van der Waals surface area contributed by atoms with Gasteiger partial charge in [0.1, 0.15) is 0 Å². The fourth-order valence-corrected chi connectivity index (χ4v) is 3.46. The van der Waals surface area contributed by atoms with Crippen LogP contribution in [-0.4, -0.2) is 11.8 Å². The average molecular weight is 215 g/mol. The van der Waals surface area contributed by atoms with Crippen LogP contribution in [0.3, 0.4) is 0 Å². The highest BCUT2D eigenvalue weighted by Crippen LogP contribution is 2.34. The van der Waals surface area contributed by atoms with Gasteiger partial charge in [-0.3, -0.25) is 0 Å². The van der Waals surface area contributed by atoms with Crippen molar-refractivity contribution in [3.05, 3.63) is 22.4 Å². The Morgan fingerprint density at radius 2 is 2.31 bits per heavy atom. The van der Waals surface area contributed by atoms with Crippen molar-refractivity contribution in [2.75, 3.05) is 5.75 Å². The van der Waals surface area contributed by atoms with Gasteiger partial charge in [0.2, 0.25) is 0 Å². The molecular formula is C10H17NS2. The summed E-state index contributed by atoms with van der Waals surface area (Å²) in [6.07, 6.45) is 1.05. The van der Waals surface area contributed by atoms with Crippen molar-refractivity contribution in [3.8, 4) is 0 Å². The highest BCUT2D eigenvalue weighted by molar-refractivity contribution is 7.99. The highest BCUT2D eigenvalue weighted by Gasteiger charge is 2.18. The maximum Gasteiger partial charge on any atom is 0.0541 e. The third-order valence-corrected chi connectivity index (χ3v) is 4.43. The molecule has 3 heteroatoms. The van der Waals surface area contributed by atoms with Crippen LogP contribution in [0.5, 0.6) is 0 Å². The summed E-state index contributed by atoms with van der Waals surface area (Å²) in [7, 11) is 0. The van der Waals surface area contributed by atoms with Crippen LogP contribution in [0.15, 0.2) is 17.5 Å². The molecule has 1 nitrogen and oxygen atoms in total. The Balaban J connectivity index is 2.68. The van der Waals surface area contributed by atoms with Gasteiger partial charge in [0, 0.05) is 10.9 Å². The molecule has 1 rings (SSSR count). The van der Waals surface area contributed by atoms with Crippen molar-refractivity contribution in [3.63, 3.8) is 0 Å². The molecule has 2 N–H and O–H groups in total. The van der Waals surface area contributed by atoms with Gasteiger partial charge < -0.3 is 5.73 Å². The van der Waals surface area contributed by atoms with Crippen LogP contribution >= 0.6 is 23.1 Å². The SMILES string of the molecule is CCSC(c1cccs1)C(N)CC. The third-order valence-electron chi connectivity index (χ3n) is 2.03. The van der Waals surface area contributed by atoms with Gasteiger partial charge in [0.15, 0.2) is 0 Å². The predicted molar refractivity (Wildman–Crippen MR) is 63.5 cm³/mol. The second-order valence-corrected chi connectivity index (χ2v) is 5.36. The molecule has 0 bridgehead atoms. The Morgan fingerprint density at radius 1 is 1.54 bits per heavy atom. The second-order valence-electron chi connectivity index (χ2n) is 2.96. The van der Waals surface area contributed by atoms with E-state index >= 15 is 0 Å². The standard InChI is InChI=1S/C10H17NS2/c1-3-8(11)10(12-4-2)9-6-5-7-13-9/h5-8,10H,3-4,11H2,1-2H3. The summed E-state index contributed by atoms with van der Waals surface area (Å²) in [5.74, 6) is 1.14. The number of rotatable bonds is 5. The predicted octanol–water partition coefficient (Wildman–Crippen LogP) is 3.28. The highest BCUT2D eigenvalue weighted by atomic mass is 32.2. The van der Waals surface area contributed by atoms with E-state index in [0.717, 1.165) is 12.2 Å². The van der Waals surface area contributed by atoms with E-state index in [9.17, 15) is 0 Å². The van der Waals surface area contributed by atoms with E-state index in [1.165, 1.54) is 4.88 Å². The molecule has 2 atom stereocenters. The summed E-state index contributed by atoms with van der Waals surface area (Å²) in [5, 5.41) is 2.62. The minimum absolute atomic E-state index is 0.295. The molecule has 0 aliphatic heterocycles. The largest absolute Gasteiger partial charge is 0.326 e. The molecule has 0 saturated carbocycles. The maximum atomic E-state index is 6.08. The monoisotopic (exact) mass is 215 g/mol. The van der Waals surface area contributed by atoms with Crippen LogP contribution in [0.25, 0.3) is 0 Å². The van der Waals surface area contributed by atoms with E-state index < -0.39 is 0 Å². The Bertz CT molecular complexity index is 221. The van der Waals surface area contributed by atoms with Crippen LogP contribution < -0.4 is 5.73 Å². The third kappa shape index (κ3) is 3.01. The van der Waals surface area contributed by atoms with Gasteiger partial charge in [0.25, 0.3) is 0 Å². The van der Waals surface area contributed by atoms with Gasteiger partial charge in [-0.15, -0.1) is 11.3 Å². The Kier molecular flexibility index (Phi) is 4.84. The quantitative estimate of drug-likeness (QED) is 0.815. The molecule has 0 saturated heterocycles. The first-order valence-electron chi connectivity index (χ1n) is 4.70. The van der Waals surface area contributed by atoms with Crippen molar-refractivity contribution in [1.82, 2.24) is 0 Å². The first-order chi connectivity index (χ1) is 6.29. The van der Waals surface area contributed by atoms with Crippen molar-refractivity contribution >= 4 is 23.1 Å². The zero-order valence-corrected chi connectivity index (χ0v) is 9.83. The fourth-order valence-electron chi connectivity index (χ4n) is 1.26. The molecule has 1 heterocycles. The fraction of sp³-hybridized carbons (Fsp3) is 0.600. The van der Waals surface area contributed by atoms with Gasteiger partial charge in [-0.1, -0.05) is 19.9 Å². The minimum atomic E-state index is 0.295. The van der Waals surface area contributed by atoms with E-state index in [2.05, 4.69) is 31.4 Å². The van der Waals surface area contributed by atoms with Gasteiger partial charge in [-0.05, 0) is 23.6 Å². The lowest BCUT2D eigenvalue weighted by Crippen LogP contribution is -2.25. The molecule has 1 aromatic heterocycles. The lowest BCUT2D eigenvalue weighted by Gasteiger charge is -2.20. The molecule has 1 aromatic rings. The van der Waals surface area contributed by atoms with Crippen LogP contribution in [-0.2, 0) is 0 Å². The van der Waals surface area contributed by atoms with Crippen LogP contribution in [0, 0.1) is 0 Å². The molecule has 0 amide bonds. The Labute approximate surface area is 88.7 Å². The first-order valence-corrected chi connectivity index (χ1v) is 6.63. The van der Waals surface area contributed by atoms with Gasteiger partial charge in [-0.25, -0.2) is 0 Å². The van der Waals surface area contributed by atoms with E-state index in [1.54, 1.807) is 0 Å². The molecule has 0 spiro atoms. The Hall–Kier alpha value is 0.01000. The summed E-state index contributed by atoms with van der Waals surface area (Å²) >= 11 is 3.77. The van der Waals surface area contributed by atoms with Crippen LogP contribution in [0.2, 0.25) is 0 Å². The number of nitrogens with two attached hydrogens (primary N) is 1. The number of thiophene rings is 1. The zero-order valence-electron chi connectivity index (χ0n) is 8.19. The number of hydrogen-bond acceptors (Lipinski definition) is 3. The molecule has 13 heavy (non-hydrogen) atoms. The summed E-state index contributed by atoms with van der Waals surface area (Å²) in [6, 6.07) is 4.59. The molecule has 2 unspecified atom stereocenters. The topological polar surface area (TPSA) is 26.0 Å². The van der Waals surface area contributed by atoms with Gasteiger partial charge in [-0.2, -0.15) is 11.8 Å². The van der Waals surface area contributed by atoms with E-state index in [4.69, 9.17) is 5.73 Å². The van der Waals surface area contributed by atoms with E-state index in [-0.39, 0.29) is 0 Å². The van der Waals surface area contributed by atoms with Gasteiger partial charge in [0.05, 0.1) is 5.25 Å². The first kappa shape index (κ1) is 11.1. The second kappa shape index (κ2) is 5.68. The maximum absolute atomic E-state index is 6.08. The number of hydrogen-bond donors (Lipinski definition) is 1. The van der Waals surface area contributed by atoms with Crippen LogP contribution in [0.1, 0.15) is 30.4 Å². The average Bonchev–Trinajstić information content (AvgIpc) is 2.65. The zero-order chi connectivity index (χ0) is 9.68. The molecule has 0 fully saturated rings. The van der Waals surface area contributed by atoms with Gasteiger partial charge >= 0.3 is 0 Å². The molecule has 74 valence electrons. The van der Waals surface area contributed by atoms with Crippen molar-refractivity contribution < 1.29 is 0 Å². The normalized spacial score (nSPS) is 15.6. The summed E-state index contributed by atoms with van der Waals surface area (Å²) in [5.41, 5.74) is 6.08. The summed E-state index contributed by atoms with van der Waals surface area (Å²) < 4.78 is 0. The molecule has 0 aliphatic rings. The molecule has 0 aromatic carbocycles. The van der Waals surface area contributed by atoms with Crippen LogP contribution in [0.4, 0.5) is 0 Å². The lowest BCUT2D eigenvalue weighted by atomic mass is 10.1. The van der Waals surface area contributed by atoms with E-state index in [1.807, 2.05) is 23.1 Å². The lowest BCUT2D eigenvalue weighted by molar-refractivity contribution is 0.640. The Morgan fingerprint density at radius 3 is 2.77 bits per heavy atom. The summed E-state index contributed by atoms with van der Waals surface area (Å²) in [6.45, 7) is 4.34. The van der Waals surface area contributed by atoms with Crippen molar-refractivity contribution in [2.45, 2.75) is 31.6 Å². The summed E-state index contributed by atoms with van der Waals surface area (Å²) in [4.78, 5) is 1.42. The van der Waals surface area contributed by atoms with Crippen molar-refractivity contribution in [1.29, 1.82) is 0 Å². The molecular weight excluding hydrogens is 198 g/mol. The van der Waals surface area contributed by atoms with Crippen molar-refractivity contribution in [2.24, 2.45) is 5.73 Å².